The van der Waals surface area contributed by atoms with E-state index in [1.54, 1.807) is 11.3 Å². The van der Waals surface area contributed by atoms with Crippen LogP contribution < -0.4 is 15.0 Å². The molecule has 1 aliphatic rings. The number of nitrogens with one attached hydrogen (secondary N) is 1. The zero-order valence-electron chi connectivity index (χ0n) is 19.1. The van der Waals surface area contributed by atoms with Gasteiger partial charge in [0, 0.05) is 23.9 Å². The standard InChI is InChI=1S/C28H25N3O3S/c32-26(29-14-13-20-7-3-1-4-8-20)17-31-24-16-22(11-12-25(24)34-18-28(31)33)23-19-35-27(30-23)15-21-9-5-2-6-10-21/h1-12,16,19H,13-15,17-18H2,(H,29,32). The lowest BCUT2D eigenvalue weighted by Crippen LogP contribution is -2.45. The van der Waals surface area contributed by atoms with Gasteiger partial charge >= 0.3 is 0 Å². The van der Waals surface area contributed by atoms with Crippen molar-refractivity contribution in [2.75, 3.05) is 24.6 Å². The highest BCUT2D eigenvalue weighted by atomic mass is 32.1. The molecule has 4 aromatic rings. The smallest absolute Gasteiger partial charge is 0.265 e. The number of thiazole rings is 1. The van der Waals surface area contributed by atoms with E-state index in [1.807, 2.05) is 72.1 Å². The molecule has 0 aliphatic carbocycles. The van der Waals surface area contributed by atoms with E-state index in [9.17, 15) is 9.59 Å². The number of ether oxygens (including phenoxy) is 1. The molecule has 7 heteroatoms. The van der Waals surface area contributed by atoms with Crippen LogP contribution in [0.4, 0.5) is 5.69 Å². The Morgan fingerprint density at radius 2 is 1.74 bits per heavy atom. The number of hydrogen-bond acceptors (Lipinski definition) is 5. The number of hydrogen-bond donors (Lipinski definition) is 1. The summed E-state index contributed by atoms with van der Waals surface area (Å²) in [5.41, 5.74) is 4.68. The van der Waals surface area contributed by atoms with Crippen molar-refractivity contribution in [1.82, 2.24) is 10.3 Å². The number of carbonyl (C=O) groups is 2. The largest absolute Gasteiger partial charge is 0.482 e. The lowest BCUT2D eigenvalue weighted by molar-refractivity contribution is -0.125. The average Bonchev–Trinajstić information content (AvgIpc) is 3.35. The van der Waals surface area contributed by atoms with Crippen molar-refractivity contribution in [3.8, 4) is 17.0 Å². The van der Waals surface area contributed by atoms with Crippen LogP contribution in [0.5, 0.6) is 5.75 Å². The maximum atomic E-state index is 12.7. The quantitative estimate of drug-likeness (QED) is 0.401. The number of aromatic nitrogens is 1. The molecule has 2 heterocycles. The van der Waals surface area contributed by atoms with E-state index in [4.69, 9.17) is 9.72 Å². The van der Waals surface area contributed by atoms with Crippen LogP contribution in [-0.2, 0) is 22.4 Å². The Bertz CT molecular complexity index is 1320. The van der Waals surface area contributed by atoms with Gasteiger partial charge in [-0.3, -0.25) is 14.5 Å². The van der Waals surface area contributed by atoms with Crippen molar-refractivity contribution in [2.24, 2.45) is 0 Å². The molecule has 176 valence electrons. The lowest BCUT2D eigenvalue weighted by Gasteiger charge is -2.29. The number of amides is 2. The number of rotatable bonds is 8. The van der Waals surface area contributed by atoms with Gasteiger partial charge in [0.15, 0.2) is 6.61 Å². The van der Waals surface area contributed by atoms with Gasteiger partial charge < -0.3 is 10.1 Å². The van der Waals surface area contributed by atoms with Gasteiger partial charge in [0.25, 0.3) is 5.91 Å². The summed E-state index contributed by atoms with van der Waals surface area (Å²) in [6, 6.07) is 25.9. The van der Waals surface area contributed by atoms with Gasteiger partial charge in [-0.15, -0.1) is 11.3 Å². The van der Waals surface area contributed by atoms with Crippen molar-refractivity contribution in [1.29, 1.82) is 0 Å². The molecule has 0 unspecified atom stereocenters. The van der Waals surface area contributed by atoms with Gasteiger partial charge in [-0.1, -0.05) is 60.7 Å². The molecule has 0 atom stereocenters. The summed E-state index contributed by atoms with van der Waals surface area (Å²) in [5, 5.41) is 5.96. The molecule has 6 nitrogen and oxygen atoms in total. The SMILES string of the molecule is O=C(CN1C(=O)COc2ccc(-c3csc(Cc4ccccc4)n3)cc21)NCCc1ccccc1. The highest BCUT2D eigenvalue weighted by Crippen LogP contribution is 2.36. The Morgan fingerprint density at radius 1 is 1.00 bits per heavy atom. The summed E-state index contributed by atoms with van der Waals surface area (Å²) in [6.07, 6.45) is 1.51. The fourth-order valence-corrected chi connectivity index (χ4v) is 4.86. The second-order valence-electron chi connectivity index (χ2n) is 8.33. The summed E-state index contributed by atoms with van der Waals surface area (Å²) in [5.74, 6) is 0.146. The summed E-state index contributed by atoms with van der Waals surface area (Å²) < 4.78 is 5.62. The predicted octanol–water partition coefficient (Wildman–Crippen LogP) is 4.49. The predicted molar refractivity (Wildman–Crippen MR) is 138 cm³/mol. The molecule has 2 amide bonds. The molecule has 0 fully saturated rings. The molecular formula is C28H25N3O3S. The number of carbonyl (C=O) groups excluding carboxylic acids is 2. The van der Waals surface area contributed by atoms with E-state index in [1.165, 1.54) is 10.5 Å². The van der Waals surface area contributed by atoms with Gasteiger partial charge in [-0.25, -0.2) is 4.98 Å². The average molecular weight is 484 g/mol. The number of anilines is 1. The van der Waals surface area contributed by atoms with Crippen LogP contribution in [0.15, 0.2) is 84.2 Å². The second-order valence-corrected chi connectivity index (χ2v) is 9.27. The zero-order chi connectivity index (χ0) is 24.0. The minimum Gasteiger partial charge on any atom is -0.482 e. The number of nitrogens with zero attached hydrogens (tertiary/aromatic N) is 2. The van der Waals surface area contributed by atoms with Gasteiger partial charge in [-0.05, 0) is 35.7 Å². The summed E-state index contributed by atoms with van der Waals surface area (Å²) in [6.45, 7) is 0.378. The van der Waals surface area contributed by atoms with Crippen molar-refractivity contribution >= 4 is 28.8 Å². The van der Waals surface area contributed by atoms with Crippen LogP contribution in [0.2, 0.25) is 0 Å². The topological polar surface area (TPSA) is 71.5 Å². The van der Waals surface area contributed by atoms with Gasteiger partial charge in [0.1, 0.15) is 12.3 Å². The third kappa shape index (κ3) is 5.58. The summed E-state index contributed by atoms with van der Waals surface area (Å²) >= 11 is 1.61. The molecule has 0 saturated heterocycles. The minimum atomic E-state index is -0.240. The second kappa shape index (κ2) is 10.5. The first kappa shape index (κ1) is 22.8. The lowest BCUT2D eigenvalue weighted by atomic mass is 10.1. The first-order valence-corrected chi connectivity index (χ1v) is 12.4. The normalized spacial score (nSPS) is 12.7. The molecule has 1 aliphatic heterocycles. The third-order valence-corrected chi connectivity index (χ3v) is 6.68. The Hall–Kier alpha value is -3.97. The molecule has 0 saturated carbocycles. The monoisotopic (exact) mass is 483 g/mol. The van der Waals surface area contributed by atoms with Crippen LogP contribution in [0.25, 0.3) is 11.3 Å². The van der Waals surface area contributed by atoms with E-state index >= 15 is 0 Å². The van der Waals surface area contributed by atoms with Crippen LogP contribution >= 0.6 is 11.3 Å². The molecular weight excluding hydrogens is 458 g/mol. The van der Waals surface area contributed by atoms with Crippen molar-refractivity contribution in [2.45, 2.75) is 12.8 Å². The molecule has 0 bridgehead atoms. The van der Waals surface area contributed by atoms with Crippen molar-refractivity contribution in [3.05, 3.63) is 100 Å². The van der Waals surface area contributed by atoms with Gasteiger partial charge in [-0.2, -0.15) is 0 Å². The molecule has 1 N–H and O–H groups in total. The molecule has 1 aromatic heterocycles. The number of benzene rings is 3. The van der Waals surface area contributed by atoms with E-state index in [-0.39, 0.29) is 25.0 Å². The highest BCUT2D eigenvalue weighted by molar-refractivity contribution is 7.10. The first-order valence-electron chi connectivity index (χ1n) is 11.5. The fraction of sp³-hybridized carbons (Fsp3) is 0.179. The molecule has 35 heavy (non-hydrogen) atoms. The van der Waals surface area contributed by atoms with Crippen molar-refractivity contribution in [3.63, 3.8) is 0 Å². The van der Waals surface area contributed by atoms with Gasteiger partial charge in [0.2, 0.25) is 5.91 Å². The zero-order valence-corrected chi connectivity index (χ0v) is 20.0. The fourth-order valence-electron chi connectivity index (χ4n) is 4.02. The van der Waals surface area contributed by atoms with Crippen LogP contribution in [0, 0.1) is 0 Å². The first-order chi connectivity index (χ1) is 17.2. The van der Waals surface area contributed by atoms with Crippen LogP contribution in [0.3, 0.4) is 0 Å². The van der Waals surface area contributed by atoms with Crippen LogP contribution in [0.1, 0.15) is 16.1 Å². The summed E-state index contributed by atoms with van der Waals surface area (Å²) in [4.78, 5) is 31.6. The summed E-state index contributed by atoms with van der Waals surface area (Å²) in [7, 11) is 0. The van der Waals surface area contributed by atoms with Crippen LogP contribution in [-0.4, -0.2) is 36.5 Å². The Kier molecular flexibility index (Phi) is 6.86. The minimum absolute atomic E-state index is 0.0518. The van der Waals surface area contributed by atoms with E-state index in [2.05, 4.69) is 17.4 Å². The molecule has 3 aromatic carbocycles. The van der Waals surface area contributed by atoms with E-state index in [0.717, 1.165) is 34.7 Å². The van der Waals surface area contributed by atoms with Gasteiger partial charge in [0.05, 0.1) is 16.4 Å². The Labute approximate surface area is 208 Å². The van der Waals surface area contributed by atoms with E-state index in [0.29, 0.717) is 18.0 Å². The Balaban J connectivity index is 1.28. The maximum absolute atomic E-state index is 12.7. The molecule has 5 rings (SSSR count). The molecule has 0 spiro atoms. The van der Waals surface area contributed by atoms with E-state index < -0.39 is 0 Å². The van der Waals surface area contributed by atoms with Crippen molar-refractivity contribution < 1.29 is 14.3 Å². The highest BCUT2D eigenvalue weighted by Gasteiger charge is 2.28. The molecule has 0 radical (unpaired) electrons. The third-order valence-electron chi connectivity index (χ3n) is 5.83. The maximum Gasteiger partial charge on any atom is 0.265 e. The number of fused-ring (bicyclic) bond motifs is 1. The Morgan fingerprint density at radius 3 is 2.51 bits per heavy atom.